The van der Waals surface area contributed by atoms with Gasteiger partial charge in [-0.15, -0.1) is 11.6 Å². The van der Waals surface area contributed by atoms with E-state index in [1.165, 1.54) is 6.07 Å². The maximum absolute atomic E-state index is 12.1. The van der Waals surface area contributed by atoms with Gasteiger partial charge in [0.25, 0.3) is 11.6 Å². The number of alkyl halides is 1. The minimum Gasteiger partial charge on any atom is -0.351 e. The molecule has 1 aromatic rings. The van der Waals surface area contributed by atoms with Gasteiger partial charge >= 0.3 is 0 Å². The summed E-state index contributed by atoms with van der Waals surface area (Å²) in [4.78, 5) is 22.6. The van der Waals surface area contributed by atoms with E-state index >= 15 is 0 Å². The number of benzene rings is 1. The average Bonchev–Trinajstić information content (AvgIpc) is 3.16. The van der Waals surface area contributed by atoms with Gasteiger partial charge in [-0.05, 0) is 25.8 Å². The Balaban J connectivity index is 2.15. The van der Waals surface area contributed by atoms with Gasteiger partial charge in [-0.2, -0.15) is 0 Å². The zero-order valence-corrected chi connectivity index (χ0v) is 11.4. The van der Waals surface area contributed by atoms with Gasteiger partial charge in [-0.1, -0.05) is 12.1 Å². The quantitative estimate of drug-likeness (QED) is 0.513. The van der Waals surface area contributed by atoms with Gasteiger partial charge in [0.1, 0.15) is 5.56 Å². The summed E-state index contributed by atoms with van der Waals surface area (Å²) in [5.41, 5.74) is 0.456. The van der Waals surface area contributed by atoms with Gasteiger partial charge in [0.2, 0.25) is 0 Å². The summed E-state index contributed by atoms with van der Waals surface area (Å²) >= 11 is 5.83. The number of carbonyl (C=O) groups is 1. The standard InChI is InChI=1S/C13H15ClN2O3/c1-9-3-2-4-10(11(9)16(18)19)12(17)15-8-13(7-14)5-6-13/h2-4H,5-8H2,1H3,(H,15,17). The van der Waals surface area contributed by atoms with Crippen LogP contribution in [0.3, 0.4) is 0 Å². The minimum absolute atomic E-state index is 0.00415. The van der Waals surface area contributed by atoms with E-state index in [2.05, 4.69) is 5.32 Å². The monoisotopic (exact) mass is 282 g/mol. The molecule has 0 aromatic heterocycles. The van der Waals surface area contributed by atoms with Crippen LogP contribution >= 0.6 is 11.6 Å². The van der Waals surface area contributed by atoms with Gasteiger partial charge in [-0.3, -0.25) is 14.9 Å². The first kappa shape index (κ1) is 13.8. The summed E-state index contributed by atoms with van der Waals surface area (Å²) in [5, 5.41) is 13.8. The topological polar surface area (TPSA) is 72.2 Å². The molecule has 0 heterocycles. The molecule has 0 saturated heterocycles. The molecular weight excluding hydrogens is 268 g/mol. The van der Waals surface area contributed by atoms with E-state index in [1.54, 1.807) is 19.1 Å². The molecule has 1 aliphatic rings. The number of nitro groups is 1. The predicted molar refractivity (Wildman–Crippen MR) is 72.6 cm³/mol. The number of aryl methyl sites for hydroxylation is 1. The Labute approximate surface area is 116 Å². The summed E-state index contributed by atoms with van der Waals surface area (Å²) in [6.45, 7) is 2.09. The number of carbonyl (C=O) groups excluding carboxylic acids is 1. The number of para-hydroxylation sites is 1. The summed E-state index contributed by atoms with van der Waals surface area (Å²) < 4.78 is 0. The fourth-order valence-corrected chi connectivity index (χ4v) is 2.34. The molecule has 1 amide bonds. The number of rotatable bonds is 5. The molecule has 1 aromatic carbocycles. The smallest absolute Gasteiger partial charge is 0.285 e. The molecule has 0 unspecified atom stereocenters. The van der Waals surface area contributed by atoms with Crippen molar-refractivity contribution in [3.63, 3.8) is 0 Å². The van der Waals surface area contributed by atoms with Gasteiger partial charge in [-0.25, -0.2) is 0 Å². The van der Waals surface area contributed by atoms with Crippen LogP contribution in [0.4, 0.5) is 5.69 Å². The largest absolute Gasteiger partial charge is 0.351 e. The Bertz CT molecular complexity index is 527. The number of amides is 1. The minimum atomic E-state index is -0.515. The Hall–Kier alpha value is -1.62. The van der Waals surface area contributed by atoms with Crippen LogP contribution < -0.4 is 5.32 Å². The van der Waals surface area contributed by atoms with Gasteiger partial charge in [0.05, 0.1) is 4.92 Å². The van der Waals surface area contributed by atoms with E-state index in [-0.39, 0.29) is 16.7 Å². The summed E-state index contributed by atoms with van der Waals surface area (Å²) in [6, 6.07) is 4.74. The molecule has 19 heavy (non-hydrogen) atoms. The number of nitro benzene ring substituents is 1. The lowest BCUT2D eigenvalue weighted by molar-refractivity contribution is -0.385. The number of halogens is 1. The third kappa shape index (κ3) is 2.87. The molecule has 0 spiro atoms. The van der Waals surface area contributed by atoms with Crippen LogP contribution in [-0.2, 0) is 0 Å². The molecule has 102 valence electrons. The average molecular weight is 283 g/mol. The summed E-state index contributed by atoms with van der Waals surface area (Å²) in [7, 11) is 0. The zero-order valence-electron chi connectivity index (χ0n) is 10.6. The van der Waals surface area contributed by atoms with Crippen LogP contribution in [0, 0.1) is 22.5 Å². The first-order valence-corrected chi connectivity index (χ1v) is 6.61. The first-order chi connectivity index (χ1) is 8.99. The van der Waals surface area contributed by atoms with E-state index < -0.39 is 10.8 Å². The Kier molecular flexibility index (Phi) is 3.75. The van der Waals surface area contributed by atoms with Gasteiger partial charge < -0.3 is 5.32 Å². The lowest BCUT2D eigenvalue weighted by atomic mass is 10.1. The van der Waals surface area contributed by atoms with E-state index in [0.29, 0.717) is 18.0 Å². The van der Waals surface area contributed by atoms with Crippen LogP contribution in [0.15, 0.2) is 18.2 Å². The van der Waals surface area contributed by atoms with E-state index in [0.717, 1.165) is 12.8 Å². The van der Waals surface area contributed by atoms with Crippen molar-refractivity contribution in [3.8, 4) is 0 Å². The lowest BCUT2D eigenvalue weighted by Gasteiger charge is -2.12. The fourth-order valence-electron chi connectivity index (χ4n) is 1.98. The second-order valence-electron chi connectivity index (χ2n) is 5.04. The van der Waals surface area contributed by atoms with Crippen molar-refractivity contribution < 1.29 is 9.72 Å². The third-order valence-corrected chi connectivity index (χ3v) is 4.10. The van der Waals surface area contributed by atoms with Crippen molar-refractivity contribution in [1.29, 1.82) is 0 Å². The van der Waals surface area contributed by atoms with Crippen molar-refractivity contribution in [2.24, 2.45) is 5.41 Å². The maximum atomic E-state index is 12.1. The normalized spacial score (nSPS) is 15.9. The Morgan fingerprint density at radius 3 is 2.74 bits per heavy atom. The van der Waals surface area contributed by atoms with E-state index in [9.17, 15) is 14.9 Å². The van der Waals surface area contributed by atoms with Crippen molar-refractivity contribution in [2.45, 2.75) is 19.8 Å². The van der Waals surface area contributed by atoms with Crippen molar-refractivity contribution in [2.75, 3.05) is 12.4 Å². The van der Waals surface area contributed by atoms with E-state index in [4.69, 9.17) is 11.6 Å². The number of hydrogen-bond donors (Lipinski definition) is 1. The number of hydrogen-bond acceptors (Lipinski definition) is 3. The van der Waals surface area contributed by atoms with E-state index in [1.807, 2.05) is 0 Å². The highest BCUT2D eigenvalue weighted by Gasteiger charge is 2.42. The summed E-state index contributed by atoms with van der Waals surface area (Å²) in [5.74, 6) is 0.0928. The van der Waals surface area contributed by atoms with Crippen LogP contribution in [-0.4, -0.2) is 23.3 Å². The van der Waals surface area contributed by atoms with Crippen LogP contribution in [0.5, 0.6) is 0 Å². The Morgan fingerprint density at radius 2 is 2.21 bits per heavy atom. The number of nitrogens with one attached hydrogen (secondary N) is 1. The molecule has 1 saturated carbocycles. The molecule has 0 radical (unpaired) electrons. The van der Waals surface area contributed by atoms with Crippen molar-refractivity contribution in [1.82, 2.24) is 5.32 Å². The Morgan fingerprint density at radius 1 is 1.53 bits per heavy atom. The highest BCUT2D eigenvalue weighted by Crippen LogP contribution is 2.45. The molecule has 5 nitrogen and oxygen atoms in total. The fraction of sp³-hybridized carbons (Fsp3) is 0.462. The van der Waals surface area contributed by atoms with Crippen molar-refractivity contribution >= 4 is 23.2 Å². The van der Waals surface area contributed by atoms with Crippen LogP contribution in [0.1, 0.15) is 28.8 Å². The van der Waals surface area contributed by atoms with Crippen LogP contribution in [0.2, 0.25) is 0 Å². The van der Waals surface area contributed by atoms with Gasteiger partial charge in [0, 0.05) is 23.4 Å². The van der Waals surface area contributed by atoms with Crippen LogP contribution in [0.25, 0.3) is 0 Å². The second-order valence-corrected chi connectivity index (χ2v) is 5.31. The molecular formula is C13H15ClN2O3. The highest BCUT2D eigenvalue weighted by atomic mass is 35.5. The summed E-state index contributed by atoms with van der Waals surface area (Å²) in [6.07, 6.45) is 1.99. The molecule has 1 fully saturated rings. The molecule has 1 aliphatic carbocycles. The molecule has 1 N–H and O–H groups in total. The molecule has 0 bridgehead atoms. The molecule has 0 aliphatic heterocycles. The number of nitrogens with zero attached hydrogens (tertiary/aromatic N) is 1. The lowest BCUT2D eigenvalue weighted by Crippen LogP contribution is -2.31. The highest BCUT2D eigenvalue weighted by molar-refractivity contribution is 6.18. The first-order valence-electron chi connectivity index (χ1n) is 6.07. The van der Waals surface area contributed by atoms with Gasteiger partial charge in [0.15, 0.2) is 0 Å². The second kappa shape index (κ2) is 5.17. The predicted octanol–water partition coefficient (Wildman–Crippen LogP) is 2.65. The molecule has 0 atom stereocenters. The maximum Gasteiger partial charge on any atom is 0.285 e. The zero-order chi connectivity index (χ0) is 14.0. The molecule has 2 rings (SSSR count). The molecule has 6 heteroatoms. The van der Waals surface area contributed by atoms with Crippen molar-refractivity contribution in [3.05, 3.63) is 39.4 Å². The SMILES string of the molecule is Cc1cccc(C(=O)NCC2(CCl)CC2)c1[N+](=O)[O-]. The third-order valence-electron chi connectivity index (χ3n) is 3.53.